The lowest BCUT2D eigenvalue weighted by molar-refractivity contribution is 0.157. The minimum atomic E-state index is 0.734. The van der Waals surface area contributed by atoms with Crippen molar-refractivity contribution in [3.05, 3.63) is 30.3 Å². The van der Waals surface area contributed by atoms with E-state index in [1.54, 1.807) is 7.11 Å². The average Bonchev–Trinajstić information content (AvgIpc) is 2.36. The third-order valence-corrected chi connectivity index (χ3v) is 3.15. The Bertz CT molecular complexity index is 397. The molecule has 18 heavy (non-hydrogen) atoms. The zero-order valence-electron chi connectivity index (χ0n) is 11.2. The topological polar surface area (TPSA) is 41.5 Å². The molecule has 0 radical (unpaired) electrons. The summed E-state index contributed by atoms with van der Waals surface area (Å²) < 4.78 is 5.06. The van der Waals surface area contributed by atoms with Gasteiger partial charge in [-0.25, -0.2) is 9.97 Å². The van der Waals surface area contributed by atoms with Gasteiger partial charge in [-0.15, -0.1) is 0 Å². The molecule has 0 fully saturated rings. The van der Waals surface area contributed by atoms with Crippen LogP contribution in [0, 0.1) is 7.05 Å². The third kappa shape index (κ3) is 3.48. The number of aromatic nitrogens is 2. The molecular formula is C13H21N4O-. The van der Waals surface area contributed by atoms with Crippen LogP contribution in [0.25, 0.3) is 0 Å². The summed E-state index contributed by atoms with van der Waals surface area (Å²) in [5, 5.41) is 0. The molecule has 0 saturated heterocycles. The maximum atomic E-state index is 5.06. The summed E-state index contributed by atoms with van der Waals surface area (Å²) in [4.78, 5) is 13.3. The van der Waals surface area contributed by atoms with Crippen molar-refractivity contribution in [1.29, 1.82) is 0 Å². The van der Waals surface area contributed by atoms with E-state index >= 15 is 0 Å². The highest BCUT2D eigenvalue weighted by molar-refractivity contribution is 5.20. The SMILES string of the molecule is [CH2-]N1CCc2nc(CN(C)CCOC)ncc2C1. The van der Waals surface area contributed by atoms with Gasteiger partial charge in [0.15, 0.2) is 0 Å². The van der Waals surface area contributed by atoms with Crippen LogP contribution in [0.4, 0.5) is 0 Å². The standard InChI is InChI=1S/C13H21N4O/c1-16-5-4-12-11(9-16)8-14-13(15-12)10-17(2)6-7-18-3/h8H,1,4-7,9-10H2,2-3H3/q-1. The van der Waals surface area contributed by atoms with Gasteiger partial charge in [-0.2, -0.15) is 0 Å². The van der Waals surface area contributed by atoms with E-state index in [0.717, 1.165) is 45.0 Å². The Morgan fingerprint density at radius 2 is 2.39 bits per heavy atom. The molecule has 0 saturated carbocycles. The molecule has 0 N–H and O–H groups in total. The van der Waals surface area contributed by atoms with E-state index in [2.05, 4.69) is 33.9 Å². The summed E-state index contributed by atoms with van der Waals surface area (Å²) in [6, 6.07) is 0. The normalized spacial score (nSPS) is 16.0. The van der Waals surface area contributed by atoms with Crippen LogP contribution in [0.15, 0.2) is 6.20 Å². The Hall–Kier alpha value is -1.04. The molecular weight excluding hydrogens is 228 g/mol. The van der Waals surface area contributed by atoms with Crippen LogP contribution >= 0.6 is 0 Å². The predicted octanol–water partition coefficient (Wildman–Crippen LogP) is 0.704. The first-order valence-electron chi connectivity index (χ1n) is 6.25. The van der Waals surface area contributed by atoms with E-state index < -0.39 is 0 Å². The molecule has 0 aliphatic carbocycles. The first kappa shape index (κ1) is 13.4. The van der Waals surface area contributed by atoms with Gasteiger partial charge in [0, 0.05) is 37.5 Å². The number of hydrogen-bond acceptors (Lipinski definition) is 5. The van der Waals surface area contributed by atoms with Crippen molar-refractivity contribution >= 4 is 0 Å². The summed E-state index contributed by atoms with van der Waals surface area (Å²) in [7, 11) is 7.73. The third-order valence-electron chi connectivity index (χ3n) is 3.15. The highest BCUT2D eigenvalue weighted by atomic mass is 16.5. The molecule has 5 heteroatoms. The van der Waals surface area contributed by atoms with Crippen LogP contribution in [0.5, 0.6) is 0 Å². The van der Waals surface area contributed by atoms with Crippen molar-refractivity contribution in [2.24, 2.45) is 0 Å². The highest BCUT2D eigenvalue weighted by Crippen LogP contribution is 2.15. The lowest BCUT2D eigenvalue weighted by atomic mass is 10.1. The van der Waals surface area contributed by atoms with Crippen LogP contribution in [-0.2, 0) is 24.2 Å². The van der Waals surface area contributed by atoms with E-state index in [-0.39, 0.29) is 0 Å². The Morgan fingerprint density at radius 3 is 3.17 bits per heavy atom. The van der Waals surface area contributed by atoms with Crippen molar-refractivity contribution in [1.82, 2.24) is 19.8 Å². The van der Waals surface area contributed by atoms with E-state index in [0.29, 0.717) is 0 Å². The molecule has 2 heterocycles. The minimum absolute atomic E-state index is 0.734. The predicted molar refractivity (Wildman–Crippen MR) is 69.7 cm³/mol. The molecule has 0 amide bonds. The number of hydrogen-bond donors (Lipinski definition) is 0. The Kier molecular flexibility index (Phi) is 4.63. The molecule has 0 atom stereocenters. The van der Waals surface area contributed by atoms with Gasteiger partial charge in [0.25, 0.3) is 0 Å². The van der Waals surface area contributed by atoms with Gasteiger partial charge in [0.05, 0.1) is 13.2 Å². The quantitative estimate of drug-likeness (QED) is 0.719. The van der Waals surface area contributed by atoms with Crippen molar-refractivity contribution in [2.45, 2.75) is 19.5 Å². The van der Waals surface area contributed by atoms with Gasteiger partial charge in [-0.05, 0) is 20.1 Å². The lowest BCUT2D eigenvalue weighted by Crippen LogP contribution is -2.28. The molecule has 1 aliphatic rings. The largest absolute Gasteiger partial charge is 0.455 e. The maximum absolute atomic E-state index is 5.06. The second kappa shape index (κ2) is 6.22. The second-order valence-corrected chi connectivity index (χ2v) is 4.79. The monoisotopic (exact) mass is 249 g/mol. The zero-order chi connectivity index (χ0) is 13.0. The smallest absolute Gasteiger partial charge is 0.142 e. The average molecular weight is 249 g/mol. The van der Waals surface area contributed by atoms with E-state index in [4.69, 9.17) is 4.74 Å². The molecule has 0 spiro atoms. The Morgan fingerprint density at radius 1 is 1.56 bits per heavy atom. The number of fused-ring (bicyclic) bond motifs is 1. The van der Waals surface area contributed by atoms with Gasteiger partial charge in [0.2, 0.25) is 0 Å². The summed E-state index contributed by atoms with van der Waals surface area (Å²) in [5.41, 5.74) is 2.39. The van der Waals surface area contributed by atoms with Crippen LogP contribution in [0.1, 0.15) is 17.1 Å². The first-order chi connectivity index (χ1) is 8.69. The fourth-order valence-electron chi connectivity index (χ4n) is 2.06. The molecule has 1 aromatic rings. The van der Waals surface area contributed by atoms with Gasteiger partial charge < -0.3 is 9.64 Å². The van der Waals surface area contributed by atoms with E-state index in [1.165, 1.54) is 11.3 Å². The molecule has 0 aromatic carbocycles. The van der Waals surface area contributed by atoms with Crippen molar-refractivity contribution in [2.75, 3.05) is 33.9 Å². The number of rotatable bonds is 5. The molecule has 1 aromatic heterocycles. The second-order valence-electron chi connectivity index (χ2n) is 4.79. The van der Waals surface area contributed by atoms with Crippen molar-refractivity contribution < 1.29 is 4.74 Å². The Labute approximate surface area is 109 Å². The fourth-order valence-corrected chi connectivity index (χ4v) is 2.06. The van der Waals surface area contributed by atoms with Gasteiger partial charge >= 0.3 is 0 Å². The van der Waals surface area contributed by atoms with Crippen molar-refractivity contribution in [3.8, 4) is 0 Å². The van der Waals surface area contributed by atoms with Gasteiger partial charge in [-0.3, -0.25) is 11.9 Å². The zero-order valence-corrected chi connectivity index (χ0v) is 11.2. The maximum Gasteiger partial charge on any atom is 0.142 e. The van der Waals surface area contributed by atoms with Gasteiger partial charge in [0.1, 0.15) is 5.82 Å². The fraction of sp³-hybridized carbons (Fsp3) is 0.615. The molecule has 0 bridgehead atoms. The van der Waals surface area contributed by atoms with Crippen LogP contribution in [-0.4, -0.2) is 53.6 Å². The summed E-state index contributed by atoms with van der Waals surface area (Å²) in [5.74, 6) is 0.893. The lowest BCUT2D eigenvalue weighted by Gasteiger charge is -2.30. The summed E-state index contributed by atoms with van der Waals surface area (Å²) in [6.45, 7) is 4.23. The van der Waals surface area contributed by atoms with Crippen LogP contribution < -0.4 is 0 Å². The molecule has 2 rings (SSSR count). The minimum Gasteiger partial charge on any atom is -0.455 e. The van der Waals surface area contributed by atoms with Crippen molar-refractivity contribution in [3.63, 3.8) is 0 Å². The van der Waals surface area contributed by atoms with E-state index in [1.807, 2.05) is 6.20 Å². The Balaban J connectivity index is 1.98. The molecule has 1 aliphatic heterocycles. The van der Waals surface area contributed by atoms with Crippen LogP contribution in [0.3, 0.4) is 0 Å². The number of ether oxygens (including phenoxy) is 1. The number of nitrogens with zero attached hydrogens (tertiary/aromatic N) is 4. The van der Waals surface area contributed by atoms with Gasteiger partial charge in [-0.1, -0.05) is 0 Å². The number of likely N-dealkylation sites (N-methyl/N-ethyl adjacent to an activating group) is 1. The first-order valence-corrected chi connectivity index (χ1v) is 6.25. The summed E-state index contributed by atoms with van der Waals surface area (Å²) in [6.07, 6.45) is 2.91. The number of methoxy groups -OCH3 is 1. The highest BCUT2D eigenvalue weighted by Gasteiger charge is 2.13. The molecule has 5 nitrogen and oxygen atoms in total. The molecule has 100 valence electrons. The summed E-state index contributed by atoms with van der Waals surface area (Å²) >= 11 is 0. The molecule has 0 unspecified atom stereocenters. The van der Waals surface area contributed by atoms with Crippen LogP contribution in [0.2, 0.25) is 0 Å². The van der Waals surface area contributed by atoms with E-state index in [9.17, 15) is 0 Å².